The zero-order chi connectivity index (χ0) is 31.3. The van der Waals surface area contributed by atoms with E-state index in [0.29, 0.717) is 68.5 Å². The fraction of sp³-hybridized carbons (Fsp3) is 0.618. The van der Waals surface area contributed by atoms with Crippen LogP contribution >= 0.6 is 0 Å². The molecule has 5 rings (SSSR count). The molecule has 2 aromatic carbocycles. The van der Waals surface area contributed by atoms with Gasteiger partial charge in [-0.05, 0) is 125 Å². The third-order valence-corrected chi connectivity index (χ3v) is 11.9. The zero-order valence-electron chi connectivity index (χ0n) is 26.4. The van der Waals surface area contributed by atoms with Crippen LogP contribution in [-0.4, -0.2) is 54.3 Å². The monoisotopic (exact) mass is 615 g/mol. The fourth-order valence-corrected chi connectivity index (χ4v) is 9.47. The van der Waals surface area contributed by atoms with Gasteiger partial charge in [0, 0.05) is 24.2 Å². The van der Waals surface area contributed by atoms with Gasteiger partial charge >= 0.3 is 5.97 Å². The van der Waals surface area contributed by atoms with Gasteiger partial charge < -0.3 is 14.6 Å². The highest BCUT2D eigenvalue weighted by Crippen LogP contribution is 2.46. The third-order valence-electron chi connectivity index (χ3n) is 9.54. The Hall–Kier alpha value is -2.49. The molecule has 1 N–H and O–H groups in total. The summed E-state index contributed by atoms with van der Waals surface area (Å²) in [4.78, 5) is 12.9. The molecule has 0 spiro atoms. The van der Waals surface area contributed by atoms with E-state index in [-0.39, 0.29) is 11.0 Å². The average Bonchev–Trinajstić information content (AvgIpc) is 3.20. The quantitative estimate of drug-likeness (QED) is 0.387. The molecule has 2 aliphatic heterocycles. The lowest BCUT2D eigenvalue weighted by atomic mass is 9.79. The molecule has 0 amide bonds. The van der Waals surface area contributed by atoms with Crippen LogP contribution in [0.5, 0.6) is 5.75 Å². The largest absolute Gasteiger partial charge is 0.490 e. The number of aliphatic carboxylic acids is 1. The summed E-state index contributed by atoms with van der Waals surface area (Å²) in [5.74, 6) is -1.29. The summed E-state index contributed by atoms with van der Waals surface area (Å²) in [6, 6.07) is 1.48. The van der Waals surface area contributed by atoms with Crippen LogP contribution in [-0.2, 0) is 38.8 Å². The van der Waals surface area contributed by atoms with Gasteiger partial charge in [0.15, 0.2) is 17.7 Å². The maximum atomic E-state index is 15.6. The molecule has 3 aliphatic rings. The van der Waals surface area contributed by atoms with Gasteiger partial charge in [-0.2, -0.15) is 0 Å². The summed E-state index contributed by atoms with van der Waals surface area (Å²) in [7, 11) is -3.45. The SMILES string of the molecule is Cc1c(-c2c(C)c3c(c(C)c2[C@H](OC(C)(C)C)C(=O)O)CCN(S(=O)(=O)C2CCCCC2)CC3)cc(F)c2c1CCCO2. The van der Waals surface area contributed by atoms with Crippen molar-refractivity contribution in [2.75, 3.05) is 19.7 Å². The number of hydrogen-bond donors (Lipinski definition) is 1. The Bertz CT molecular complexity index is 1520. The predicted octanol–water partition coefficient (Wildman–Crippen LogP) is 6.75. The number of sulfonamides is 1. The Morgan fingerprint density at radius 1 is 0.977 bits per heavy atom. The van der Waals surface area contributed by atoms with E-state index >= 15 is 4.39 Å². The first-order valence-electron chi connectivity index (χ1n) is 15.7. The standard InChI is InChI=1S/C34H46FNO6S/c1-20-26-13-10-18-41-31(26)28(35)19-27(20)29-21(2)24-14-16-36(43(39,40)23-11-8-7-9-12-23)17-15-25(24)22(3)30(29)32(33(37)38)42-34(4,5)6/h19,23,32H,7-18H2,1-6H3,(H,37,38)/t32-/m0/s1. The van der Waals surface area contributed by atoms with Crippen molar-refractivity contribution >= 4 is 16.0 Å². The molecular formula is C34H46FNO6S. The maximum absolute atomic E-state index is 15.6. The second-order valence-corrected chi connectivity index (χ2v) is 15.7. The fourth-order valence-electron chi connectivity index (χ4n) is 7.42. The molecule has 0 aromatic heterocycles. The van der Waals surface area contributed by atoms with Crippen LogP contribution in [0.3, 0.4) is 0 Å². The van der Waals surface area contributed by atoms with E-state index in [4.69, 9.17) is 9.47 Å². The molecule has 1 saturated carbocycles. The molecule has 0 unspecified atom stereocenters. The van der Waals surface area contributed by atoms with E-state index in [2.05, 4.69) is 0 Å². The van der Waals surface area contributed by atoms with Gasteiger partial charge in [0.25, 0.3) is 0 Å². The van der Waals surface area contributed by atoms with Crippen molar-refractivity contribution in [3.63, 3.8) is 0 Å². The highest BCUT2D eigenvalue weighted by Gasteiger charge is 2.38. The summed E-state index contributed by atoms with van der Waals surface area (Å²) in [6.45, 7) is 12.5. The second kappa shape index (κ2) is 12.1. The average molecular weight is 616 g/mol. The number of benzene rings is 2. The summed E-state index contributed by atoms with van der Waals surface area (Å²) in [6.07, 6.45) is 5.52. The zero-order valence-corrected chi connectivity index (χ0v) is 27.3. The van der Waals surface area contributed by atoms with E-state index in [0.717, 1.165) is 59.1 Å². The van der Waals surface area contributed by atoms with Crippen LogP contribution in [0.2, 0.25) is 0 Å². The number of ether oxygens (including phenoxy) is 2. The minimum Gasteiger partial charge on any atom is -0.490 e. The molecule has 43 heavy (non-hydrogen) atoms. The van der Waals surface area contributed by atoms with Gasteiger partial charge in [-0.25, -0.2) is 21.9 Å². The molecule has 7 nitrogen and oxygen atoms in total. The molecular weight excluding hydrogens is 569 g/mol. The molecule has 0 radical (unpaired) electrons. The van der Waals surface area contributed by atoms with Crippen LogP contribution in [0.4, 0.5) is 4.39 Å². The Labute approximate surface area is 255 Å². The van der Waals surface area contributed by atoms with Crippen molar-refractivity contribution in [1.82, 2.24) is 4.31 Å². The van der Waals surface area contributed by atoms with Gasteiger partial charge in [0.1, 0.15) is 0 Å². The number of nitrogens with zero attached hydrogens (tertiary/aromatic N) is 1. The molecule has 1 fully saturated rings. The minimum atomic E-state index is -3.45. The second-order valence-electron chi connectivity index (χ2n) is 13.4. The van der Waals surface area contributed by atoms with Crippen LogP contribution in [0, 0.1) is 26.6 Å². The molecule has 1 atom stereocenters. The van der Waals surface area contributed by atoms with E-state index in [1.807, 2.05) is 41.5 Å². The lowest BCUT2D eigenvalue weighted by Gasteiger charge is -2.31. The van der Waals surface area contributed by atoms with Gasteiger partial charge in [0.05, 0.1) is 17.5 Å². The van der Waals surface area contributed by atoms with Crippen LogP contribution < -0.4 is 4.74 Å². The molecule has 2 aromatic rings. The van der Waals surface area contributed by atoms with Gasteiger partial charge in [-0.1, -0.05) is 19.3 Å². The number of halogens is 1. The third kappa shape index (κ3) is 6.09. The Balaban J connectivity index is 1.70. The molecule has 1 aliphatic carbocycles. The van der Waals surface area contributed by atoms with E-state index < -0.39 is 33.5 Å². The summed E-state index contributed by atoms with van der Waals surface area (Å²) in [5.41, 5.74) is 6.37. The number of hydrogen-bond acceptors (Lipinski definition) is 5. The Morgan fingerprint density at radius 3 is 2.21 bits per heavy atom. The predicted molar refractivity (Wildman–Crippen MR) is 166 cm³/mol. The van der Waals surface area contributed by atoms with E-state index in [1.54, 1.807) is 4.31 Å². The first kappa shape index (κ1) is 31.9. The van der Waals surface area contributed by atoms with Crippen LogP contribution in [0.25, 0.3) is 11.1 Å². The summed E-state index contributed by atoms with van der Waals surface area (Å²) in [5, 5.41) is 10.2. The molecule has 9 heteroatoms. The molecule has 0 bridgehead atoms. The molecule has 236 valence electrons. The lowest BCUT2D eigenvalue weighted by molar-refractivity contribution is -0.160. The van der Waals surface area contributed by atoms with E-state index in [1.165, 1.54) is 6.07 Å². The van der Waals surface area contributed by atoms with Crippen molar-refractivity contribution in [3.05, 3.63) is 50.8 Å². The van der Waals surface area contributed by atoms with Gasteiger partial charge in [0.2, 0.25) is 10.0 Å². The van der Waals surface area contributed by atoms with Crippen molar-refractivity contribution in [2.45, 2.75) is 116 Å². The topological polar surface area (TPSA) is 93.1 Å². The number of fused-ring (bicyclic) bond motifs is 2. The number of carboxylic acids is 1. The highest BCUT2D eigenvalue weighted by molar-refractivity contribution is 7.89. The van der Waals surface area contributed by atoms with Gasteiger partial charge in [-0.15, -0.1) is 0 Å². The van der Waals surface area contributed by atoms with Crippen molar-refractivity contribution in [1.29, 1.82) is 0 Å². The Morgan fingerprint density at radius 2 is 1.60 bits per heavy atom. The number of carboxylic acid groups (broad SMARTS) is 1. The normalized spacial score (nSPS) is 19.2. The van der Waals surface area contributed by atoms with Gasteiger partial charge in [-0.3, -0.25) is 0 Å². The van der Waals surface area contributed by atoms with Crippen LogP contribution in [0.15, 0.2) is 6.07 Å². The maximum Gasteiger partial charge on any atom is 0.337 e. The number of carbonyl (C=O) groups is 1. The van der Waals surface area contributed by atoms with E-state index in [9.17, 15) is 18.3 Å². The lowest BCUT2D eigenvalue weighted by Crippen LogP contribution is -2.41. The van der Waals surface area contributed by atoms with Crippen molar-refractivity contribution < 1.29 is 32.2 Å². The van der Waals surface area contributed by atoms with Crippen molar-refractivity contribution in [3.8, 4) is 16.9 Å². The smallest absolute Gasteiger partial charge is 0.337 e. The summed E-state index contributed by atoms with van der Waals surface area (Å²) >= 11 is 0. The highest BCUT2D eigenvalue weighted by atomic mass is 32.2. The molecule has 0 saturated heterocycles. The summed E-state index contributed by atoms with van der Waals surface area (Å²) < 4.78 is 56.6. The minimum absolute atomic E-state index is 0.280. The Kier molecular flexibility index (Phi) is 9.00. The van der Waals surface area contributed by atoms with Crippen LogP contribution in [0.1, 0.15) is 104 Å². The number of rotatable bonds is 6. The first-order valence-corrected chi connectivity index (χ1v) is 17.2. The van der Waals surface area contributed by atoms with Crippen molar-refractivity contribution in [2.24, 2.45) is 0 Å². The molecule has 2 heterocycles. The first-order chi connectivity index (χ1) is 20.2.